The van der Waals surface area contributed by atoms with Crippen molar-refractivity contribution in [2.45, 2.75) is 32.3 Å². The first-order valence-electron chi connectivity index (χ1n) is 5.96. The molecule has 0 aliphatic rings. The van der Waals surface area contributed by atoms with Gasteiger partial charge in [0.2, 0.25) is 0 Å². The molecule has 0 fully saturated rings. The standard InChI is InChI=1S/C13H20N2O2/c1-2-3-7-10-17-12(13(16)15-14)11-8-5-4-6-9-11/h4-6,8-9,12H,2-3,7,10,14H2,1H3,(H,15,16). The normalized spacial score (nSPS) is 12.1. The van der Waals surface area contributed by atoms with Gasteiger partial charge in [0.1, 0.15) is 0 Å². The maximum atomic E-state index is 11.6. The minimum Gasteiger partial charge on any atom is -0.364 e. The summed E-state index contributed by atoms with van der Waals surface area (Å²) in [6, 6.07) is 9.38. The SMILES string of the molecule is CCCCCOC(C(=O)NN)c1ccccc1. The van der Waals surface area contributed by atoms with Crippen LogP contribution in [0.2, 0.25) is 0 Å². The molecule has 0 spiro atoms. The predicted octanol–water partition coefficient (Wildman–Crippen LogP) is 1.92. The van der Waals surface area contributed by atoms with Gasteiger partial charge in [0.05, 0.1) is 0 Å². The van der Waals surface area contributed by atoms with E-state index in [-0.39, 0.29) is 5.91 Å². The number of nitrogens with two attached hydrogens (primary N) is 1. The fraction of sp³-hybridized carbons (Fsp3) is 0.462. The molecule has 1 rings (SSSR count). The lowest BCUT2D eigenvalue weighted by atomic mass is 10.1. The molecule has 0 saturated heterocycles. The van der Waals surface area contributed by atoms with Gasteiger partial charge in [-0.2, -0.15) is 0 Å². The first-order valence-corrected chi connectivity index (χ1v) is 5.96. The Morgan fingerprint density at radius 2 is 2.06 bits per heavy atom. The fourth-order valence-corrected chi connectivity index (χ4v) is 1.58. The molecule has 0 radical (unpaired) electrons. The molecule has 94 valence electrons. The van der Waals surface area contributed by atoms with Crippen molar-refractivity contribution >= 4 is 5.91 Å². The van der Waals surface area contributed by atoms with Crippen LogP contribution in [0.25, 0.3) is 0 Å². The van der Waals surface area contributed by atoms with Gasteiger partial charge >= 0.3 is 0 Å². The zero-order valence-electron chi connectivity index (χ0n) is 10.2. The van der Waals surface area contributed by atoms with Crippen molar-refractivity contribution in [2.24, 2.45) is 5.84 Å². The van der Waals surface area contributed by atoms with Gasteiger partial charge in [0.25, 0.3) is 5.91 Å². The zero-order valence-corrected chi connectivity index (χ0v) is 10.2. The van der Waals surface area contributed by atoms with Crippen LogP contribution in [0, 0.1) is 0 Å². The average molecular weight is 236 g/mol. The molecule has 0 aromatic heterocycles. The quantitative estimate of drug-likeness (QED) is 0.329. The van der Waals surface area contributed by atoms with Crippen LogP contribution in [0.3, 0.4) is 0 Å². The molecular weight excluding hydrogens is 216 g/mol. The molecule has 17 heavy (non-hydrogen) atoms. The highest BCUT2D eigenvalue weighted by molar-refractivity contribution is 5.81. The van der Waals surface area contributed by atoms with Gasteiger partial charge < -0.3 is 4.74 Å². The minimum atomic E-state index is -0.613. The number of rotatable bonds is 7. The summed E-state index contributed by atoms with van der Waals surface area (Å²) in [4.78, 5) is 11.6. The second-order valence-electron chi connectivity index (χ2n) is 3.88. The number of amides is 1. The summed E-state index contributed by atoms with van der Waals surface area (Å²) in [5, 5.41) is 0. The highest BCUT2D eigenvalue weighted by atomic mass is 16.5. The Hall–Kier alpha value is -1.39. The molecule has 1 aromatic rings. The lowest BCUT2D eigenvalue weighted by Crippen LogP contribution is -2.36. The highest BCUT2D eigenvalue weighted by Gasteiger charge is 2.19. The van der Waals surface area contributed by atoms with Gasteiger partial charge in [-0.3, -0.25) is 10.2 Å². The van der Waals surface area contributed by atoms with E-state index in [1.54, 1.807) is 0 Å². The van der Waals surface area contributed by atoms with Crippen LogP contribution in [0.4, 0.5) is 0 Å². The molecule has 1 aromatic carbocycles. The van der Waals surface area contributed by atoms with Crippen molar-refractivity contribution in [1.82, 2.24) is 5.43 Å². The Bertz CT molecular complexity index is 327. The number of carbonyl (C=O) groups is 1. The molecule has 4 nitrogen and oxygen atoms in total. The molecule has 0 aliphatic carbocycles. The number of nitrogens with one attached hydrogen (secondary N) is 1. The number of hydrogen-bond donors (Lipinski definition) is 2. The Labute approximate surface area is 102 Å². The number of unbranched alkanes of at least 4 members (excludes halogenated alkanes) is 2. The first kappa shape index (κ1) is 13.7. The lowest BCUT2D eigenvalue weighted by Gasteiger charge is -2.16. The van der Waals surface area contributed by atoms with E-state index in [9.17, 15) is 4.79 Å². The second kappa shape index (κ2) is 7.81. The minimum absolute atomic E-state index is 0.312. The smallest absolute Gasteiger partial charge is 0.267 e. The van der Waals surface area contributed by atoms with E-state index in [1.165, 1.54) is 0 Å². The predicted molar refractivity (Wildman–Crippen MR) is 67.0 cm³/mol. The van der Waals surface area contributed by atoms with Crippen molar-refractivity contribution in [1.29, 1.82) is 0 Å². The molecule has 1 amide bonds. The second-order valence-corrected chi connectivity index (χ2v) is 3.88. The van der Waals surface area contributed by atoms with Crippen molar-refractivity contribution < 1.29 is 9.53 Å². The molecule has 3 N–H and O–H groups in total. The molecule has 1 unspecified atom stereocenters. The van der Waals surface area contributed by atoms with Crippen LogP contribution in [0.1, 0.15) is 37.9 Å². The molecular formula is C13H20N2O2. The average Bonchev–Trinajstić information content (AvgIpc) is 2.39. The maximum Gasteiger partial charge on any atom is 0.267 e. The molecule has 0 heterocycles. The summed E-state index contributed by atoms with van der Waals surface area (Å²) in [6.45, 7) is 2.70. The highest BCUT2D eigenvalue weighted by Crippen LogP contribution is 2.17. The summed E-state index contributed by atoms with van der Waals surface area (Å²) < 4.78 is 5.59. The van der Waals surface area contributed by atoms with Crippen LogP contribution in [-0.2, 0) is 9.53 Å². The van der Waals surface area contributed by atoms with Crippen LogP contribution in [0.15, 0.2) is 30.3 Å². The number of benzene rings is 1. The van der Waals surface area contributed by atoms with Crippen LogP contribution < -0.4 is 11.3 Å². The number of carbonyl (C=O) groups excluding carboxylic acids is 1. The summed E-state index contributed by atoms with van der Waals surface area (Å²) in [7, 11) is 0. The summed E-state index contributed by atoms with van der Waals surface area (Å²) >= 11 is 0. The largest absolute Gasteiger partial charge is 0.364 e. The third kappa shape index (κ3) is 4.54. The van der Waals surface area contributed by atoms with E-state index < -0.39 is 6.10 Å². The van der Waals surface area contributed by atoms with Crippen molar-refractivity contribution in [2.75, 3.05) is 6.61 Å². The number of ether oxygens (including phenoxy) is 1. The van der Waals surface area contributed by atoms with Crippen LogP contribution in [0.5, 0.6) is 0 Å². The zero-order chi connectivity index (χ0) is 12.5. The number of hydrogen-bond acceptors (Lipinski definition) is 3. The Morgan fingerprint density at radius 1 is 1.35 bits per heavy atom. The number of hydrazine groups is 1. The maximum absolute atomic E-state index is 11.6. The van der Waals surface area contributed by atoms with Crippen molar-refractivity contribution in [3.05, 3.63) is 35.9 Å². The monoisotopic (exact) mass is 236 g/mol. The van der Waals surface area contributed by atoms with E-state index in [2.05, 4.69) is 12.3 Å². The Kier molecular flexibility index (Phi) is 6.29. The van der Waals surface area contributed by atoms with Crippen molar-refractivity contribution in [3.8, 4) is 0 Å². The third-order valence-electron chi connectivity index (χ3n) is 2.52. The van der Waals surface area contributed by atoms with E-state index in [0.717, 1.165) is 24.8 Å². The topological polar surface area (TPSA) is 64.3 Å². The molecule has 4 heteroatoms. The van der Waals surface area contributed by atoms with Gasteiger partial charge in [-0.05, 0) is 12.0 Å². The van der Waals surface area contributed by atoms with Crippen molar-refractivity contribution in [3.63, 3.8) is 0 Å². The van der Waals surface area contributed by atoms with Crippen LogP contribution in [-0.4, -0.2) is 12.5 Å². The van der Waals surface area contributed by atoms with Crippen LogP contribution >= 0.6 is 0 Å². The van der Waals surface area contributed by atoms with E-state index in [4.69, 9.17) is 10.6 Å². The van der Waals surface area contributed by atoms with Gasteiger partial charge in [0, 0.05) is 6.61 Å². The summed E-state index contributed by atoms with van der Waals surface area (Å²) in [6.07, 6.45) is 2.57. The van der Waals surface area contributed by atoms with Gasteiger partial charge in [-0.1, -0.05) is 50.1 Å². The van der Waals surface area contributed by atoms with E-state index >= 15 is 0 Å². The van der Waals surface area contributed by atoms with Gasteiger partial charge in [0.15, 0.2) is 6.10 Å². The molecule has 1 atom stereocenters. The van der Waals surface area contributed by atoms with Gasteiger partial charge in [-0.15, -0.1) is 0 Å². The van der Waals surface area contributed by atoms with E-state index in [0.29, 0.717) is 6.61 Å². The summed E-state index contributed by atoms with van der Waals surface area (Å²) in [5.74, 6) is 4.85. The molecule has 0 bridgehead atoms. The summed E-state index contributed by atoms with van der Waals surface area (Å²) in [5.41, 5.74) is 2.97. The first-order chi connectivity index (χ1) is 8.29. The fourth-order valence-electron chi connectivity index (χ4n) is 1.58. The van der Waals surface area contributed by atoms with Gasteiger partial charge in [-0.25, -0.2) is 5.84 Å². The molecule has 0 saturated carbocycles. The third-order valence-corrected chi connectivity index (χ3v) is 2.52. The Morgan fingerprint density at radius 3 is 2.65 bits per heavy atom. The van der Waals surface area contributed by atoms with E-state index in [1.807, 2.05) is 30.3 Å². The molecule has 0 aliphatic heterocycles. The lowest BCUT2D eigenvalue weighted by molar-refractivity contribution is -0.133. The Balaban J connectivity index is 2.59.